The van der Waals surface area contributed by atoms with Gasteiger partial charge in [-0.3, -0.25) is 4.79 Å². The third-order valence-electron chi connectivity index (χ3n) is 4.46. The Morgan fingerprint density at radius 2 is 1.64 bits per heavy atom. The quantitative estimate of drug-likeness (QED) is 0.728. The van der Waals surface area contributed by atoms with E-state index in [1.807, 2.05) is 41.3 Å². The van der Waals surface area contributed by atoms with Gasteiger partial charge in [-0.25, -0.2) is 9.07 Å². The molecule has 1 saturated heterocycles. The molecular weight excluding hydrogens is 317 g/mol. The van der Waals surface area contributed by atoms with E-state index in [4.69, 9.17) is 0 Å². The predicted octanol–water partition coefficient (Wildman–Crippen LogP) is 3.91. The maximum Gasteiger partial charge on any atom is 0.272 e. The molecule has 4 rings (SSSR count). The Labute approximate surface area is 145 Å². The molecule has 3 aromatic rings. The smallest absolute Gasteiger partial charge is 0.272 e. The highest BCUT2D eigenvalue weighted by Crippen LogP contribution is 2.24. The van der Waals surface area contributed by atoms with Crippen LogP contribution in [0.2, 0.25) is 0 Å². The largest absolute Gasteiger partial charge is 0.337 e. The summed E-state index contributed by atoms with van der Waals surface area (Å²) in [6.45, 7) is 1.54. The van der Waals surface area contributed by atoms with Crippen LogP contribution in [0, 0.1) is 5.82 Å². The first kappa shape index (κ1) is 15.6. The Bertz CT molecular complexity index is 881. The zero-order valence-corrected chi connectivity index (χ0v) is 13.7. The van der Waals surface area contributed by atoms with Gasteiger partial charge in [0.05, 0.1) is 11.4 Å². The molecule has 0 N–H and O–H groups in total. The van der Waals surface area contributed by atoms with E-state index in [9.17, 15) is 9.18 Å². The van der Waals surface area contributed by atoms with Crippen molar-refractivity contribution in [3.8, 4) is 16.9 Å². The second-order valence-corrected chi connectivity index (χ2v) is 6.17. The molecule has 0 saturated carbocycles. The van der Waals surface area contributed by atoms with E-state index < -0.39 is 0 Å². The zero-order valence-electron chi connectivity index (χ0n) is 13.7. The van der Waals surface area contributed by atoms with Gasteiger partial charge in [0.15, 0.2) is 0 Å². The number of aromatic nitrogens is 2. The van der Waals surface area contributed by atoms with Crippen molar-refractivity contribution in [2.75, 3.05) is 13.1 Å². The molecule has 0 bridgehead atoms. The molecule has 0 aliphatic carbocycles. The Kier molecular flexibility index (Phi) is 4.06. The molecule has 0 atom stereocenters. The van der Waals surface area contributed by atoms with Gasteiger partial charge in [0.1, 0.15) is 11.5 Å². The van der Waals surface area contributed by atoms with E-state index >= 15 is 0 Å². The van der Waals surface area contributed by atoms with Crippen LogP contribution in [0.5, 0.6) is 0 Å². The van der Waals surface area contributed by atoms with Crippen LogP contribution in [0.1, 0.15) is 23.3 Å². The number of rotatable bonds is 3. The molecule has 1 aromatic heterocycles. The first-order valence-electron chi connectivity index (χ1n) is 8.43. The lowest BCUT2D eigenvalue weighted by atomic mass is 10.1. The average Bonchev–Trinajstić information content (AvgIpc) is 3.33. The fourth-order valence-corrected chi connectivity index (χ4v) is 3.14. The molecular formula is C20H18FN3O. The number of hydrogen-bond donors (Lipinski definition) is 0. The Hall–Kier alpha value is -2.95. The summed E-state index contributed by atoms with van der Waals surface area (Å²) in [6, 6.07) is 17.6. The van der Waals surface area contributed by atoms with Crippen LogP contribution in [-0.2, 0) is 0 Å². The highest BCUT2D eigenvalue weighted by Gasteiger charge is 2.24. The molecule has 5 heteroatoms. The summed E-state index contributed by atoms with van der Waals surface area (Å²) in [5.74, 6) is -0.344. The second kappa shape index (κ2) is 6.51. The van der Waals surface area contributed by atoms with E-state index in [0.717, 1.165) is 37.2 Å². The third kappa shape index (κ3) is 3.05. The summed E-state index contributed by atoms with van der Waals surface area (Å²) in [5, 5.41) is 4.62. The van der Waals surface area contributed by atoms with Crippen LogP contribution in [0.3, 0.4) is 0 Å². The van der Waals surface area contributed by atoms with Gasteiger partial charge < -0.3 is 4.90 Å². The van der Waals surface area contributed by atoms with Gasteiger partial charge in [-0.05, 0) is 43.2 Å². The lowest BCUT2D eigenvalue weighted by Crippen LogP contribution is -2.29. The van der Waals surface area contributed by atoms with Crippen LogP contribution in [0.4, 0.5) is 4.39 Å². The third-order valence-corrected chi connectivity index (χ3v) is 4.46. The number of carbonyl (C=O) groups is 1. The second-order valence-electron chi connectivity index (χ2n) is 6.17. The minimum absolute atomic E-state index is 0.0310. The SMILES string of the molecule is O=C(c1cc(-c2ccccc2)nn1-c1ccc(F)cc1)N1CCCC1. The molecule has 0 spiro atoms. The van der Waals surface area contributed by atoms with Crippen molar-refractivity contribution in [1.82, 2.24) is 14.7 Å². The van der Waals surface area contributed by atoms with Gasteiger partial charge in [0.2, 0.25) is 0 Å². The molecule has 1 fully saturated rings. The standard InChI is InChI=1S/C20H18FN3O/c21-16-8-10-17(11-9-16)24-19(20(25)23-12-4-5-13-23)14-18(22-24)15-6-2-1-3-7-15/h1-3,6-11,14H,4-5,12-13H2. The topological polar surface area (TPSA) is 38.1 Å². The molecule has 2 heterocycles. The molecule has 126 valence electrons. The van der Waals surface area contributed by atoms with Crippen LogP contribution >= 0.6 is 0 Å². The highest BCUT2D eigenvalue weighted by molar-refractivity contribution is 5.94. The number of carbonyl (C=O) groups excluding carboxylic acids is 1. The van der Waals surface area contributed by atoms with Gasteiger partial charge in [0.25, 0.3) is 5.91 Å². The first-order chi connectivity index (χ1) is 12.2. The normalized spacial score (nSPS) is 14.0. The summed E-state index contributed by atoms with van der Waals surface area (Å²) < 4.78 is 14.9. The maximum atomic E-state index is 13.3. The average molecular weight is 335 g/mol. The number of benzene rings is 2. The van der Waals surface area contributed by atoms with Gasteiger partial charge in [-0.1, -0.05) is 30.3 Å². The molecule has 1 amide bonds. The van der Waals surface area contributed by atoms with Crippen molar-refractivity contribution in [3.05, 3.63) is 72.2 Å². The van der Waals surface area contributed by atoms with E-state index in [2.05, 4.69) is 5.10 Å². The minimum atomic E-state index is -0.313. The van der Waals surface area contributed by atoms with E-state index in [1.54, 1.807) is 16.8 Å². The van der Waals surface area contributed by atoms with Gasteiger partial charge in [-0.2, -0.15) is 5.10 Å². The Morgan fingerprint density at radius 1 is 0.960 bits per heavy atom. The zero-order chi connectivity index (χ0) is 17.2. The van der Waals surface area contributed by atoms with Crippen molar-refractivity contribution < 1.29 is 9.18 Å². The molecule has 0 radical (unpaired) electrons. The maximum absolute atomic E-state index is 13.3. The number of likely N-dealkylation sites (tertiary alicyclic amines) is 1. The molecule has 2 aromatic carbocycles. The van der Waals surface area contributed by atoms with Crippen molar-refractivity contribution in [3.63, 3.8) is 0 Å². The van der Waals surface area contributed by atoms with Gasteiger partial charge in [0, 0.05) is 18.7 Å². The van der Waals surface area contributed by atoms with Crippen LogP contribution in [0.15, 0.2) is 60.7 Å². The van der Waals surface area contributed by atoms with Crippen molar-refractivity contribution in [2.45, 2.75) is 12.8 Å². The number of hydrogen-bond acceptors (Lipinski definition) is 2. The van der Waals surface area contributed by atoms with E-state index in [0.29, 0.717) is 11.4 Å². The lowest BCUT2D eigenvalue weighted by Gasteiger charge is -2.16. The summed E-state index contributed by atoms with van der Waals surface area (Å²) in [5.41, 5.74) is 2.85. The number of nitrogens with zero attached hydrogens (tertiary/aromatic N) is 3. The molecule has 1 aliphatic heterocycles. The Morgan fingerprint density at radius 3 is 2.32 bits per heavy atom. The number of amides is 1. The van der Waals surface area contributed by atoms with Crippen LogP contribution in [-0.4, -0.2) is 33.7 Å². The molecule has 1 aliphatic rings. The van der Waals surface area contributed by atoms with E-state index in [1.165, 1.54) is 12.1 Å². The number of halogens is 1. The highest BCUT2D eigenvalue weighted by atomic mass is 19.1. The van der Waals surface area contributed by atoms with Gasteiger partial charge >= 0.3 is 0 Å². The molecule has 0 unspecified atom stereocenters. The van der Waals surface area contributed by atoms with Crippen molar-refractivity contribution in [1.29, 1.82) is 0 Å². The van der Waals surface area contributed by atoms with Crippen molar-refractivity contribution >= 4 is 5.91 Å². The fraction of sp³-hybridized carbons (Fsp3) is 0.200. The lowest BCUT2D eigenvalue weighted by molar-refractivity contribution is 0.0784. The monoisotopic (exact) mass is 335 g/mol. The summed E-state index contributed by atoms with van der Waals surface area (Å²) in [6.07, 6.45) is 2.06. The summed E-state index contributed by atoms with van der Waals surface area (Å²) in [4.78, 5) is 14.8. The summed E-state index contributed by atoms with van der Waals surface area (Å²) in [7, 11) is 0. The predicted molar refractivity (Wildman–Crippen MR) is 94.1 cm³/mol. The summed E-state index contributed by atoms with van der Waals surface area (Å²) >= 11 is 0. The van der Waals surface area contributed by atoms with Crippen LogP contribution in [0.25, 0.3) is 16.9 Å². The van der Waals surface area contributed by atoms with Crippen molar-refractivity contribution in [2.24, 2.45) is 0 Å². The minimum Gasteiger partial charge on any atom is -0.337 e. The Balaban J connectivity index is 1.81. The van der Waals surface area contributed by atoms with E-state index in [-0.39, 0.29) is 11.7 Å². The first-order valence-corrected chi connectivity index (χ1v) is 8.43. The van der Waals surface area contributed by atoms with Gasteiger partial charge in [-0.15, -0.1) is 0 Å². The molecule has 25 heavy (non-hydrogen) atoms. The van der Waals surface area contributed by atoms with Crippen LogP contribution < -0.4 is 0 Å². The molecule has 4 nitrogen and oxygen atoms in total. The fourth-order valence-electron chi connectivity index (χ4n) is 3.14.